The first kappa shape index (κ1) is 20.3. The highest BCUT2D eigenvalue weighted by molar-refractivity contribution is 6.30. The lowest BCUT2D eigenvalue weighted by Crippen LogP contribution is -2.54. The summed E-state index contributed by atoms with van der Waals surface area (Å²) in [6.45, 7) is 1.67. The highest BCUT2D eigenvalue weighted by atomic mass is 35.5. The molecule has 148 valence electrons. The highest BCUT2D eigenvalue weighted by Crippen LogP contribution is 2.27. The van der Waals surface area contributed by atoms with Gasteiger partial charge in [-0.1, -0.05) is 28.9 Å². The lowest BCUT2D eigenvalue weighted by molar-refractivity contribution is -0.132. The molecule has 3 aromatic rings. The third kappa shape index (κ3) is 4.04. The number of rotatable bonds is 5. The van der Waals surface area contributed by atoms with Crippen LogP contribution in [0.15, 0.2) is 47.2 Å². The highest BCUT2D eigenvalue weighted by Gasteiger charge is 2.41. The molecule has 0 bridgehead atoms. The van der Waals surface area contributed by atoms with E-state index in [-0.39, 0.29) is 24.9 Å². The molecule has 1 saturated heterocycles. The standard InChI is InChI=1S/C18H19ClN6O2.ClH/c19-14-4-1-3-13(11-14)16-23-15(27-24-16)12-21-17(26)18(5-8-20-9-6-18)25-10-2-7-22-25;/h1-4,7,10-11,20H,5-6,8-9,12H2,(H,21,26);1H. The Morgan fingerprint density at radius 2 is 2.14 bits per heavy atom. The van der Waals surface area contributed by atoms with Gasteiger partial charge in [0.1, 0.15) is 5.54 Å². The fourth-order valence-electron chi connectivity index (χ4n) is 3.31. The lowest BCUT2D eigenvalue weighted by atomic mass is 9.87. The number of benzene rings is 1. The van der Waals surface area contributed by atoms with Crippen LogP contribution in [-0.4, -0.2) is 38.9 Å². The maximum Gasteiger partial charge on any atom is 0.248 e. The molecule has 0 unspecified atom stereocenters. The number of aromatic nitrogens is 4. The molecule has 0 spiro atoms. The van der Waals surface area contributed by atoms with Gasteiger partial charge in [-0.05, 0) is 44.1 Å². The number of hydrogen-bond donors (Lipinski definition) is 2. The molecule has 3 heterocycles. The van der Waals surface area contributed by atoms with Gasteiger partial charge in [0.25, 0.3) is 0 Å². The van der Waals surface area contributed by atoms with E-state index < -0.39 is 5.54 Å². The van der Waals surface area contributed by atoms with Crippen molar-refractivity contribution in [2.24, 2.45) is 0 Å². The summed E-state index contributed by atoms with van der Waals surface area (Å²) in [5, 5.41) is 15.1. The van der Waals surface area contributed by atoms with Gasteiger partial charge in [0.2, 0.25) is 17.6 Å². The number of carbonyl (C=O) groups excluding carboxylic acids is 1. The van der Waals surface area contributed by atoms with E-state index in [1.807, 2.05) is 24.4 Å². The molecular formula is C18H20Cl2N6O2. The second-order valence-corrected chi connectivity index (χ2v) is 6.87. The predicted molar refractivity (Wildman–Crippen MR) is 106 cm³/mol. The van der Waals surface area contributed by atoms with Crippen molar-refractivity contribution in [3.63, 3.8) is 0 Å². The van der Waals surface area contributed by atoms with E-state index in [2.05, 4.69) is 25.9 Å². The Labute approximate surface area is 173 Å². The first-order valence-electron chi connectivity index (χ1n) is 8.75. The van der Waals surface area contributed by atoms with E-state index in [0.29, 0.717) is 29.6 Å². The first-order chi connectivity index (χ1) is 13.2. The van der Waals surface area contributed by atoms with Crippen molar-refractivity contribution in [2.75, 3.05) is 13.1 Å². The van der Waals surface area contributed by atoms with Crippen molar-refractivity contribution in [1.29, 1.82) is 0 Å². The third-order valence-electron chi connectivity index (χ3n) is 4.75. The van der Waals surface area contributed by atoms with Gasteiger partial charge in [-0.3, -0.25) is 9.48 Å². The molecule has 1 aliphatic heterocycles. The smallest absolute Gasteiger partial charge is 0.248 e. The number of amides is 1. The molecule has 0 atom stereocenters. The molecular weight excluding hydrogens is 403 g/mol. The zero-order chi connectivity index (χ0) is 18.7. The number of nitrogens with one attached hydrogen (secondary N) is 2. The molecule has 8 nitrogen and oxygen atoms in total. The average molecular weight is 423 g/mol. The minimum absolute atomic E-state index is 0. The maximum atomic E-state index is 13.0. The van der Waals surface area contributed by atoms with Crippen LogP contribution in [0.2, 0.25) is 5.02 Å². The summed E-state index contributed by atoms with van der Waals surface area (Å²) in [5.41, 5.74) is 0.0556. The number of nitrogens with zero attached hydrogens (tertiary/aromatic N) is 4. The molecule has 1 amide bonds. The van der Waals surface area contributed by atoms with E-state index in [1.165, 1.54) is 0 Å². The molecule has 10 heteroatoms. The van der Waals surface area contributed by atoms with Crippen molar-refractivity contribution < 1.29 is 9.32 Å². The summed E-state index contributed by atoms with van der Waals surface area (Å²) in [6.07, 6.45) is 4.84. The average Bonchev–Trinajstić information content (AvgIpc) is 3.39. The SMILES string of the molecule is Cl.O=C(NCc1nc(-c2cccc(Cl)c2)no1)C1(n2cccn2)CCNCC1. The normalized spacial score (nSPS) is 15.6. The van der Waals surface area contributed by atoms with E-state index >= 15 is 0 Å². The summed E-state index contributed by atoms with van der Waals surface area (Å²) in [5.74, 6) is 0.670. The molecule has 28 heavy (non-hydrogen) atoms. The molecule has 4 rings (SSSR count). The second-order valence-electron chi connectivity index (χ2n) is 6.44. The van der Waals surface area contributed by atoms with Crippen LogP contribution < -0.4 is 10.6 Å². The van der Waals surface area contributed by atoms with Crippen LogP contribution in [0.1, 0.15) is 18.7 Å². The largest absolute Gasteiger partial charge is 0.345 e. The van der Waals surface area contributed by atoms with Gasteiger partial charge in [-0.15, -0.1) is 12.4 Å². The van der Waals surface area contributed by atoms with E-state index in [0.717, 1.165) is 18.7 Å². The summed E-state index contributed by atoms with van der Waals surface area (Å²) in [7, 11) is 0. The van der Waals surface area contributed by atoms with E-state index in [9.17, 15) is 4.79 Å². The predicted octanol–water partition coefficient (Wildman–Crippen LogP) is 2.40. The monoisotopic (exact) mass is 422 g/mol. The maximum absolute atomic E-state index is 13.0. The van der Waals surface area contributed by atoms with E-state index in [4.69, 9.17) is 16.1 Å². The zero-order valence-electron chi connectivity index (χ0n) is 15.0. The summed E-state index contributed by atoms with van der Waals surface area (Å²) < 4.78 is 7.01. The second kappa shape index (κ2) is 8.72. The van der Waals surface area contributed by atoms with Crippen molar-refractivity contribution in [3.8, 4) is 11.4 Å². The molecule has 1 fully saturated rings. The van der Waals surface area contributed by atoms with Gasteiger partial charge in [0, 0.05) is 23.0 Å². The van der Waals surface area contributed by atoms with Gasteiger partial charge in [-0.2, -0.15) is 10.1 Å². The van der Waals surface area contributed by atoms with Crippen LogP contribution in [0.5, 0.6) is 0 Å². The quantitative estimate of drug-likeness (QED) is 0.654. The molecule has 1 aliphatic rings. The van der Waals surface area contributed by atoms with E-state index in [1.54, 1.807) is 23.0 Å². The van der Waals surface area contributed by atoms with Gasteiger partial charge in [-0.25, -0.2) is 0 Å². The van der Waals surface area contributed by atoms with Crippen LogP contribution >= 0.6 is 24.0 Å². The van der Waals surface area contributed by atoms with Crippen LogP contribution in [0.3, 0.4) is 0 Å². The van der Waals surface area contributed by atoms with Crippen molar-refractivity contribution in [2.45, 2.75) is 24.9 Å². The number of carbonyl (C=O) groups is 1. The Balaban J connectivity index is 0.00000225. The summed E-state index contributed by atoms with van der Waals surface area (Å²) >= 11 is 6.00. The van der Waals surface area contributed by atoms with Crippen molar-refractivity contribution in [1.82, 2.24) is 30.6 Å². The van der Waals surface area contributed by atoms with Crippen LogP contribution in [0.25, 0.3) is 11.4 Å². The Morgan fingerprint density at radius 1 is 1.32 bits per heavy atom. The molecule has 2 N–H and O–H groups in total. The lowest BCUT2D eigenvalue weighted by Gasteiger charge is -2.36. The minimum Gasteiger partial charge on any atom is -0.345 e. The van der Waals surface area contributed by atoms with Crippen molar-refractivity contribution >= 4 is 29.9 Å². The number of piperidine rings is 1. The molecule has 0 aliphatic carbocycles. The van der Waals surface area contributed by atoms with Gasteiger partial charge in [0.15, 0.2) is 0 Å². The van der Waals surface area contributed by atoms with Crippen LogP contribution in [0.4, 0.5) is 0 Å². The van der Waals surface area contributed by atoms with Crippen LogP contribution in [0, 0.1) is 0 Å². The topological polar surface area (TPSA) is 97.9 Å². The Hall–Kier alpha value is -2.42. The first-order valence-corrected chi connectivity index (χ1v) is 9.13. The number of hydrogen-bond acceptors (Lipinski definition) is 6. The Kier molecular flexibility index (Phi) is 6.33. The molecule has 0 radical (unpaired) electrons. The van der Waals surface area contributed by atoms with Crippen molar-refractivity contribution in [3.05, 3.63) is 53.6 Å². The fourth-order valence-corrected chi connectivity index (χ4v) is 3.50. The fraction of sp³-hybridized carbons (Fsp3) is 0.333. The molecule has 2 aromatic heterocycles. The van der Waals surface area contributed by atoms with Gasteiger partial charge in [0.05, 0.1) is 6.54 Å². The third-order valence-corrected chi connectivity index (χ3v) is 4.98. The van der Waals surface area contributed by atoms with Gasteiger partial charge >= 0.3 is 0 Å². The molecule has 1 aromatic carbocycles. The molecule has 0 saturated carbocycles. The summed E-state index contributed by atoms with van der Waals surface area (Å²) in [6, 6.07) is 9.03. The summed E-state index contributed by atoms with van der Waals surface area (Å²) in [4.78, 5) is 17.3. The minimum atomic E-state index is -0.704. The Bertz CT molecular complexity index is 922. The number of halogens is 2. The zero-order valence-corrected chi connectivity index (χ0v) is 16.5. The van der Waals surface area contributed by atoms with Gasteiger partial charge < -0.3 is 15.2 Å². The Morgan fingerprint density at radius 3 is 2.86 bits per heavy atom. The van der Waals surface area contributed by atoms with Crippen LogP contribution in [-0.2, 0) is 16.9 Å².